The fourth-order valence-electron chi connectivity index (χ4n) is 0.204. The Hall–Kier alpha value is -0.260. The van der Waals surface area contributed by atoms with Crippen molar-refractivity contribution < 1.29 is 0 Å². The van der Waals surface area contributed by atoms with Gasteiger partial charge in [-0.15, -0.1) is 0 Å². The summed E-state index contributed by atoms with van der Waals surface area (Å²) in [6, 6.07) is 0. The molecule has 0 bridgehead atoms. The monoisotopic (exact) mass is 144 g/mol. The molecule has 0 N–H and O–H groups in total. The van der Waals surface area contributed by atoms with Gasteiger partial charge in [-0.1, -0.05) is 46.3 Å². The summed E-state index contributed by atoms with van der Waals surface area (Å²) in [5, 5.41) is 0. The van der Waals surface area contributed by atoms with Crippen LogP contribution >= 0.6 is 0 Å². The maximum Gasteiger partial charge on any atom is -0.0352 e. The van der Waals surface area contributed by atoms with Crippen molar-refractivity contribution in [3.05, 3.63) is 11.6 Å². The van der Waals surface area contributed by atoms with Crippen molar-refractivity contribution in [2.45, 2.75) is 54.9 Å². The summed E-state index contributed by atoms with van der Waals surface area (Å²) in [6.45, 7) is 14.4. The third-order valence-electron chi connectivity index (χ3n) is 1.05. The average Bonchev–Trinajstić information content (AvgIpc) is 2.10. The van der Waals surface area contributed by atoms with Crippen LogP contribution in [0.15, 0.2) is 11.6 Å². The van der Waals surface area contributed by atoms with E-state index in [0.717, 1.165) is 0 Å². The van der Waals surface area contributed by atoms with Crippen molar-refractivity contribution in [3.8, 4) is 0 Å². The lowest BCUT2D eigenvalue weighted by molar-refractivity contribution is 1.09. The van der Waals surface area contributed by atoms with Gasteiger partial charge in [-0.3, -0.25) is 0 Å². The first-order valence-electron chi connectivity index (χ1n) is 4.43. The molecule has 0 fully saturated rings. The fourth-order valence-corrected chi connectivity index (χ4v) is 0.204. The zero-order chi connectivity index (χ0) is 8.99. The van der Waals surface area contributed by atoms with E-state index in [2.05, 4.69) is 26.8 Å². The van der Waals surface area contributed by atoms with Crippen LogP contribution in [0, 0.1) is 0 Å². The minimum absolute atomic E-state index is 1.19. The molecule has 0 aliphatic rings. The van der Waals surface area contributed by atoms with Gasteiger partial charge in [-0.25, -0.2) is 0 Å². The standard InChI is InChI=1S/C6H12.2C2H6/c1-4-6(3)5-2;2*1-2/h4H,5H2,1-3H3;2*1-2H3/b6-4-;;. The van der Waals surface area contributed by atoms with Crippen LogP contribution < -0.4 is 0 Å². The van der Waals surface area contributed by atoms with Gasteiger partial charge in [0.2, 0.25) is 0 Å². The molecule has 0 saturated carbocycles. The first-order chi connectivity index (χ1) is 4.81. The molecule has 0 unspecified atom stereocenters. The van der Waals surface area contributed by atoms with Gasteiger partial charge in [0.15, 0.2) is 0 Å². The van der Waals surface area contributed by atoms with Crippen LogP contribution in [0.3, 0.4) is 0 Å². The molecule has 0 saturated heterocycles. The highest BCUT2D eigenvalue weighted by atomic mass is 13.8. The van der Waals surface area contributed by atoms with Gasteiger partial charge in [0, 0.05) is 0 Å². The molecule has 0 heteroatoms. The van der Waals surface area contributed by atoms with Crippen molar-refractivity contribution >= 4 is 0 Å². The van der Waals surface area contributed by atoms with Crippen LogP contribution in [0.4, 0.5) is 0 Å². The molecule has 0 atom stereocenters. The molecule has 0 aromatic carbocycles. The molecular formula is C10H24. The Morgan fingerprint density at radius 3 is 1.40 bits per heavy atom. The van der Waals surface area contributed by atoms with Gasteiger partial charge in [-0.2, -0.15) is 0 Å². The second kappa shape index (κ2) is 23.3. The second-order valence-electron chi connectivity index (χ2n) is 1.49. The summed E-state index contributed by atoms with van der Waals surface area (Å²) in [5.41, 5.74) is 1.47. The zero-order valence-electron chi connectivity index (χ0n) is 8.78. The van der Waals surface area contributed by atoms with E-state index in [1.54, 1.807) is 0 Å². The molecule has 0 amide bonds. The quantitative estimate of drug-likeness (QED) is 0.478. The lowest BCUT2D eigenvalue weighted by atomic mass is 10.2. The predicted octanol–water partition coefficient (Wildman–Crippen LogP) is 4.42. The van der Waals surface area contributed by atoms with E-state index in [1.165, 1.54) is 12.0 Å². The predicted molar refractivity (Wildman–Crippen MR) is 52.4 cm³/mol. The van der Waals surface area contributed by atoms with Crippen molar-refractivity contribution in [2.75, 3.05) is 0 Å². The first kappa shape index (κ1) is 16.4. The van der Waals surface area contributed by atoms with Gasteiger partial charge in [0.1, 0.15) is 0 Å². The van der Waals surface area contributed by atoms with Crippen LogP contribution in [-0.2, 0) is 0 Å². The van der Waals surface area contributed by atoms with Crippen molar-refractivity contribution in [1.29, 1.82) is 0 Å². The smallest absolute Gasteiger partial charge is 0.0352 e. The molecule has 0 aromatic heterocycles. The maximum atomic E-state index is 2.16. The van der Waals surface area contributed by atoms with Crippen LogP contribution in [0.25, 0.3) is 0 Å². The Kier molecular flexibility index (Phi) is 38.2. The normalized spacial score (nSPS) is 8.50. The first-order valence-corrected chi connectivity index (χ1v) is 4.43. The molecule has 0 heterocycles. The summed E-state index contributed by atoms with van der Waals surface area (Å²) >= 11 is 0. The molecule has 10 heavy (non-hydrogen) atoms. The molecule has 0 aromatic rings. The fraction of sp³-hybridized carbons (Fsp3) is 0.800. The van der Waals surface area contributed by atoms with Gasteiger partial charge >= 0.3 is 0 Å². The second-order valence-corrected chi connectivity index (χ2v) is 1.49. The Morgan fingerprint density at radius 2 is 1.40 bits per heavy atom. The van der Waals surface area contributed by atoms with Crippen LogP contribution in [-0.4, -0.2) is 0 Å². The Bertz CT molecular complexity index is 51.1. The molecule has 0 aliphatic carbocycles. The topological polar surface area (TPSA) is 0 Å². The van der Waals surface area contributed by atoms with E-state index in [-0.39, 0.29) is 0 Å². The minimum atomic E-state index is 1.19. The number of hydrogen-bond acceptors (Lipinski definition) is 0. The lowest BCUT2D eigenvalue weighted by Crippen LogP contribution is -1.63. The van der Waals surface area contributed by atoms with Crippen LogP contribution in [0.5, 0.6) is 0 Å². The van der Waals surface area contributed by atoms with Gasteiger partial charge in [0.25, 0.3) is 0 Å². The van der Waals surface area contributed by atoms with Gasteiger partial charge in [-0.05, 0) is 20.3 Å². The largest absolute Gasteiger partial charge is 0.0887 e. The highest BCUT2D eigenvalue weighted by molar-refractivity contribution is 4.93. The summed E-state index contributed by atoms with van der Waals surface area (Å²) < 4.78 is 0. The summed E-state index contributed by atoms with van der Waals surface area (Å²) in [6.07, 6.45) is 3.33. The van der Waals surface area contributed by atoms with Crippen LogP contribution in [0.1, 0.15) is 54.9 Å². The number of hydrogen-bond donors (Lipinski definition) is 0. The van der Waals surface area contributed by atoms with E-state index in [0.29, 0.717) is 0 Å². The Morgan fingerprint density at radius 1 is 1.10 bits per heavy atom. The highest BCUT2D eigenvalue weighted by Gasteiger charge is 1.73. The Labute approximate surface area is 67.3 Å². The van der Waals surface area contributed by atoms with Crippen LogP contribution in [0.2, 0.25) is 0 Å². The summed E-state index contributed by atoms with van der Waals surface area (Å²) in [4.78, 5) is 0. The van der Waals surface area contributed by atoms with E-state index >= 15 is 0 Å². The number of allylic oxidation sites excluding steroid dienone is 2. The SMILES string of the molecule is C/C=C(/C)CC.CC.CC. The third kappa shape index (κ3) is 25.1. The molecule has 0 aliphatic heterocycles. The highest BCUT2D eigenvalue weighted by Crippen LogP contribution is 1.94. The average molecular weight is 144 g/mol. The van der Waals surface area contributed by atoms with Gasteiger partial charge < -0.3 is 0 Å². The van der Waals surface area contributed by atoms with Crippen molar-refractivity contribution in [3.63, 3.8) is 0 Å². The Balaban J connectivity index is -0.000000105. The molecule has 64 valence electrons. The molecular weight excluding hydrogens is 120 g/mol. The van der Waals surface area contributed by atoms with Crippen molar-refractivity contribution in [2.24, 2.45) is 0 Å². The lowest BCUT2D eigenvalue weighted by Gasteiger charge is -1.85. The van der Waals surface area contributed by atoms with E-state index in [1.807, 2.05) is 27.7 Å². The van der Waals surface area contributed by atoms with E-state index in [9.17, 15) is 0 Å². The molecule has 0 spiro atoms. The molecule has 0 rings (SSSR count). The number of rotatable bonds is 1. The summed E-state index contributed by atoms with van der Waals surface area (Å²) in [7, 11) is 0. The van der Waals surface area contributed by atoms with Crippen molar-refractivity contribution in [1.82, 2.24) is 0 Å². The maximum absolute atomic E-state index is 2.16. The van der Waals surface area contributed by atoms with Gasteiger partial charge in [0.05, 0.1) is 0 Å². The van der Waals surface area contributed by atoms with E-state index < -0.39 is 0 Å². The minimum Gasteiger partial charge on any atom is -0.0887 e. The molecule has 0 nitrogen and oxygen atoms in total. The zero-order valence-corrected chi connectivity index (χ0v) is 8.78. The third-order valence-corrected chi connectivity index (χ3v) is 1.05. The summed E-state index contributed by atoms with van der Waals surface area (Å²) in [5.74, 6) is 0. The molecule has 0 radical (unpaired) electrons. The van der Waals surface area contributed by atoms with E-state index in [4.69, 9.17) is 0 Å².